The Morgan fingerprint density at radius 1 is 1.20 bits per heavy atom. The molecule has 0 heterocycles. The first-order valence-electron chi connectivity index (χ1n) is 5.58. The molecule has 0 aliphatic carbocycles. The van der Waals surface area contributed by atoms with E-state index in [1.54, 1.807) is 0 Å². The lowest BCUT2D eigenvalue weighted by molar-refractivity contribution is -0.139. The van der Waals surface area contributed by atoms with Crippen molar-refractivity contribution in [2.45, 2.75) is 11.1 Å². The number of alkyl halides is 4. The smallest absolute Gasteiger partial charge is 0.379 e. The van der Waals surface area contributed by atoms with Crippen molar-refractivity contribution < 1.29 is 26.3 Å². The molecule has 9 heteroatoms. The van der Waals surface area contributed by atoms with Crippen LogP contribution in [-0.4, -0.2) is 34.1 Å². The average molecular weight is 332 g/mol. The van der Waals surface area contributed by atoms with Crippen molar-refractivity contribution in [1.82, 2.24) is 4.72 Å². The van der Waals surface area contributed by atoms with Crippen molar-refractivity contribution >= 4 is 21.6 Å². The molecule has 0 atom stereocenters. The zero-order valence-electron chi connectivity index (χ0n) is 10.3. The van der Waals surface area contributed by atoms with Crippen LogP contribution >= 0.6 is 11.6 Å². The molecule has 114 valence electrons. The van der Waals surface area contributed by atoms with E-state index in [4.69, 9.17) is 16.3 Å². The normalized spacial score (nSPS) is 12.6. The Morgan fingerprint density at radius 2 is 1.85 bits per heavy atom. The van der Waals surface area contributed by atoms with Crippen LogP contribution in [0.15, 0.2) is 29.2 Å². The van der Waals surface area contributed by atoms with Crippen molar-refractivity contribution in [2.75, 3.05) is 25.6 Å². The minimum atomic E-state index is -4.74. The molecule has 1 aromatic rings. The van der Waals surface area contributed by atoms with Crippen LogP contribution in [-0.2, 0) is 20.9 Å². The molecule has 0 bridgehead atoms. The van der Waals surface area contributed by atoms with Crippen molar-refractivity contribution in [3.63, 3.8) is 0 Å². The lowest BCUT2D eigenvalue weighted by atomic mass is 10.2. The zero-order valence-corrected chi connectivity index (χ0v) is 11.9. The van der Waals surface area contributed by atoms with E-state index >= 15 is 0 Å². The summed E-state index contributed by atoms with van der Waals surface area (Å²) in [6, 6.07) is 3.99. The van der Waals surface area contributed by atoms with Crippen LogP contribution in [0.25, 0.3) is 0 Å². The third-order valence-electron chi connectivity index (χ3n) is 2.24. The summed E-state index contributed by atoms with van der Waals surface area (Å²) in [5, 5.41) is 0. The van der Waals surface area contributed by atoms with Gasteiger partial charge >= 0.3 is 6.18 Å². The first kappa shape index (κ1) is 17.2. The van der Waals surface area contributed by atoms with E-state index in [1.165, 1.54) is 6.07 Å². The fourth-order valence-corrected chi connectivity index (χ4v) is 2.77. The van der Waals surface area contributed by atoms with E-state index in [2.05, 4.69) is 4.72 Å². The predicted octanol–water partition coefficient (Wildman–Crippen LogP) is 2.24. The van der Waals surface area contributed by atoms with Gasteiger partial charge in [-0.05, 0) is 12.1 Å². The van der Waals surface area contributed by atoms with Gasteiger partial charge in [0.1, 0.15) is 0 Å². The van der Waals surface area contributed by atoms with Crippen LogP contribution in [0.3, 0.4) is 0 Å². The second kappa shape index (κ2) is 7.26. The van der Waals surface area contributed by atoms with E-state index < -0.39 is 26.7 Å². The average Bonchev–Trinajstić information content (AvgIpc) is 2.37. The molecule has 0 radical (unpaired) electrons. The van der Waals surface area contributed by atoms with Gasteiger partial charge in [0.05, 0.1) is 23.7 Å². The number of nitrogens with one attached hydrogen (secondary N) is 1. The molecule has 0 saturated carbocycles. The molecule has 0 spiro atoms. The van der Waals surface area contributed by atoms with Crippen molar-refractivity contribution in [3.05, 3.63) is 29.8 Å². The number of halogens is 4. The van der Waals surface area contributed by atoms with Crippen molar-refractivity contribution in [2.24, 2.45) is 0 Å². The Labute approximate surface area is 119 Å². The molecule has 0 aliphatic heterocycles. The Bertz CT molecular complexity index is 534. The lowest BCUT2D eigenvalue weighted by Crippen LogP contribution is -2.29. The van der Waals surface area contributed by atoms with Gasteiger partial charge in [-0.15, -0.1) is 11.6 Å². The van der Waals surface area contributed by atoms with Gasteiger partial charge in [-0.2, -0.15) is 13.2 Å². The highest BCUT2D eigenvalue weighted by Crippen LogP contribution is 2.33. The second-order valence-corrected chi connectivity index (χ2v) is 5.81. The minimum absolute atomic E-state index is 0.0279. The Balaban J connectivity index is 2.83. The standard InChI is InChI=1S/C11H13ClF3NO3S/c12-5-7-19-8-6-16-20(17,18)10-4-2-1-3-9(10)11(13,14)15/h1-4,16H,5-8H2. The molecular weight excluding hydrogens is 319 g/mol. The van der Waals surface area contributed by atoms with E-state index in [1.807, 2.05) is 0 Å². The molecule has 1 aromatic carbocycles. The Hall–Kier alpha value is -0.830. The largest absolute Gasteiger partial charge is 0.417 e. The molecule has 0 saturated heterocycles. The number of ether oxygens (including phenoxy) is 1. The lowest BCUT2D eigenvalue weighted by Gasteiger charge is -2.13. The summed E-state index contributed by atoms with van der Waals surface area (Å²) in [6.07, 6.45) is -4.74. The molecule has 0 fully saturated rings. The van der Waals surface area contributed by atoms with Crippen LogP contribution < -0.4 is 4.72 Å². The fourth-order valence-electron chi connectivity index (χ4n) is 1.42. The van der Waals surface area contributed by atoms with E-state index in [9.17, 15) is 21.6 Å². The first-order chi connectivity index (χ1) is 9.29. The minimum Gasteiger partial charge on any atom is -0.379 e. The highest BCUT2D eigenvalue weighted by molar-refractivity contribution is 7.89. The van der Waals surface area contributed by atoms with Gasteiger partial charge < -0.3 is 4.74 Å². The van der Waals surface area contributed by atoms with Gasteiger partial charge in [0.15, 0.2) is 0 Å². The molecular formula is C11H13ClF3NO3S. The SMILES string of the molecule is O=S(=O)(NCCOCCCl)c1ccccc1C(F)(F)F. The monoisotopic (exact) mass is 331 g/mol. The summed E-state index contributed by atoms with van der Waals surface area (Å²) in [4.78, 5) is -0.801. The number of hydrogen-bond acceptors (Lipinski definition) is 3. The van der Waals surface area contributed by atoms with Gasteiger partial charge in [0.25, 0.3) is 0 Å². The van der Waals surface area contributed by atoms with E-state index in [0.29, 0.717) is 0 Å². The Kier molecular flexibility index (Phi) is 6.25. The number of benzene rings is 1. The molecule has 0 unspecified atom stereocenters. The maximum atomic E-state index is 12.7. The number of sulfonamides is 1. The van der Waals surface area contributed by atoms with Crippen molar-refractivity contribution in [1.29, 1.82) is 0 Å². The first-order valence-corrected chi connectivity index (χ1v) is 7.60. The second-order valence-electron chi connectivity index (χ2n) is 3.69. The zero-order chi connectivity index (χ0) is 15.2. The van der Waals surface area contributed by atoms with Crippen LogP contribution in [0.4, 0.5) is 13.2 Å². The quantitative estimate of drug-likeness (QED) is 0.616. The summed E-state index contributed by atoms with van der Waals surface area (Å²) in [5.74, 6) is 0.254. The Morgan fingerprint density at radius 3 is 2.45 bits per heavy atom. The van der Waals surface area contributed by atoms with Crippen LogP contribution in [0.2, 0.25) is 0 Å². The molecule has 0 amide bonds. The molecule has 1 rings (SSSR count). The van der Waals surface area contributed by atoms with Gasteiger partial charge in [0.2, 0.25) is 10.0 Å². The number of hydrogen-bond donors (Lipinski definition) is 1. The molecule has 0 aliphatic rings. The summed E-state index contributed by atoms with van der Waals surface area (Å²) < 4.78 is 68.9. The third-order valence-corrected chi connectivity index (χ3v) is 3.92. The highest BCUT2D eigenvalue weighted by atomic mass is 35.5. The maximum absolute atomic E-state index is 12.7. The van der Waals surface area contributed by atoms with Crippen LogP contribution in [0, 0.1) is 0 Å². The van der Waals surface area contributed by atoms with Crippen LogP contribution in [0.5, 0.6) is 0 Å². The molecule has 20 heavy (non-hydrogen) atoms. The molecule has 0 aromatic heterocycles. The number of rotatable bonds is 7. The summed E-state index contributed by atoms with van der Waals surface area (Å²) in [7, 11) is -4.24. The van der Waals surface area contributed by atoms with Gasteiger partial charge in [-0.1, -0.05) is 12.1 Å². The van der Waals surface area contributed by atoms with E-state index in [0.717, 1.165) is 18.2 Å². The fraction of sp³-hybridized carbons (Fsp3) is 0.455. The van der Waals surface area contributed by atoms with Gasteiger partial charge in [-0.3, -0.25) is 0 Å². The van der Waals surface area contributed by atoms with E-state index in [-0.39, 0.29) is 25.6 Å². The third kappa shape index (κ3) is 4.93. The summed E-state index contributed by atoms with van der Waals surface area (Å²) in [5.41, 5.74) is -1.20. The molecule has 4 nitrogen and oxygen atoms in total. The topological polar surface area (TPSA) is 55.4 Å². The van der Waals surface area contributed by atoms with Crippen molar-refractivity contribution in [3.8, 4) is 0 Å². The summed E-state index contributed by atoms with van der Waals surface area (Å²) >= 11 is 5.35. The van der Waals surface area contributed by atoms with Gasteiger partial charge in [-0.25, -0.2) is 13.1 Å². The molecule has 1 N–H and O–H groups in total. The van der Waals surface area contributed by atoms with Crippen LogP contribution in [0.1, 0.15) is 5.56 Å². The highest BCUT2D eigenvalue weighted by Gasteiger charge is 2.36. The predicted molar refractivity (Wildman–Crippen MR) is 68.2 cm³/mol. The summed E-state index contributed by atoms with van der Waals surface area (Å²) in [6.45, 7) is 0.133. The maximum Gasteiger partial charge on any atom is 0.417 e. The van der Waals surface area contributed by atoms with Gasteiger partial charge in [0, 0.05) is 12.4 Å².